The van der Waals surface area contributed by atoms with Gasteiger partial charge in [-0.25, -0.2) is 0 Å². The second kappa shape index (κ2) is 11.6. The third-order valence-corrected chi connectivity index (χ3v) is 9.76. The summed E-state index contributed by atoms with van der Waals surface area (Å²) in [4.78, 5) is 2.60. The quantitative estimate of drug-likeness (QED) is 0.414. The average molecular weight is 530 g/mol. The molecule has 1 fully saturated rings. The number of rotatable bonds is 9. The summed E-state index contributed by atoms with van der Waals surface area (Å²) in [6.45, 7) is 11.6. The highest BCUT2D eigenvalue weighted by Crippen LogP contribution is 2.45. The van der Waals surface area contributed by atoms with Crippen LogP contribution in [0, 0.1) is 20.8 Å². The predicted molar refractivity (Wildman–Crippen MR) is 151 cm³/mol. The van der Waals surface area contributed by atoms with Crippen molar-refractivity contribution in [3.8, 4) is 28.7 Å². The van der Waals surface area contributed by atoms with Crippen LogP contribution in [0.4, 0.5) is 0 Å². The number of ether oxygens (including phenoxy) is 4. The summed E-state index contributed by atoms with van der Waals surface area (Å²) in [5.74, 6) is 4.45. The van der Waals surface area contributed by atoms with E-state index in [9.17, 15) is 5.11 Å². The minimum Gasteiger partial charge on any atom is -0.507 e. The summed E-state index contributed by atoms with van der Waals surface area (Å²) in [5, 5.41) is 11.1. The molecule has 4 rings (SSSR count). The van der Waals surface area contributed by atoms with E-state index in [0.29, 0.717) is 22.5 Å². The Morgan fingerprint density at radius 3 is 2.35 bits per heavy atom. The highest BCUT2D eigenvalue weighted by molar-refractivity contribution is 7.99. The van der Waals surface area contributed by atoms with Crippen LogP contribution >= 0.6 is 11.8 Å². The van der Waals surface area contributed by atoms with E-state index < -0.39 is 0 Å². The van der Waals surface area contributed by atoms with Crippen LogP contribution < -0.4 is 18.9 Å². The summed E-state index contributed by atoms with van der Waals surface area (Å²) in [5.41, 5.74) is 5.15. The summed E-state index contributed by atoms with van der Waals surface area (Å²) < 4.78 is 23.3. The van der Waals surface area contributed by atoms with Crippen LogP contribution in [0.2, 0.25) is 0 Å². The van der Waals surface area contributed by atoms with Gasteiger partial charge in [-0.05, 0) is 95.6 Å². The number of thioether (sulfide) groups is 1. The van der Waals surface area contributed by atoms with Gasteiger partial charge in [-0.1, -0.05) is 6.07 Å². The van der Waals surface area contributed by atoms with E-state index in [1.54, 1.807) is 21.3 Å². The molecule has 2 heterocycles. The molecule has 1 unspecified atom stereocenters. The summed E-state index contributed by atoms with van der Waals surface area (Å²) in [6, 6.07) is 4.04. The lowest BCUT2D eigenvalue weighted by Gasteiger charge is -2.40. The number of hydrogen-bond donors (Lipinski definition) is 1. The highest BCUT2D eigenvalue weighted by Gasteiger charge is 2.35. The van der Waals surface area contributed by atoms with Gasteiger partial charge in [-0.15, -0.1) is 0 Å². The molecule has 0 aliphatic carbocycles. The van der Waals surface area contributed by atoms with E-state index >= 15 is 0 Å². The van der Waals surface area contributed by atoms with Crippen LogP contribution in [0.15, 0.2) is 12.1 Å². The number of phenols is 1. The molecule has 2 aliphatic heterocycles. The Balaban J connectivity index is 1.28. The minimum atomic E-state index is -0.164. The maximum absolute atomic E-state index is 10.5. The molecule has 0 saturated carbocycles. The Bertz CT molecular complexity index is 1110. The molecule has 2 aromatic rings. The molecule has 0 spiro atoms. The molecule has 204 valence electrons. The van der Waals surface area contributed by atoms with Crippen LogP contribution in [-0.4, -0.2) is 61.8 Å². The highest BCUT2D eigenvalue weighted by atomic mass is 32.2. The van der Waals surface area contributed by atoms with Gasteiger partial charge in [-0.3, -0.25) is 0 Å². The van der Waals surface area contributed by atoms with Crippen molar-refractivity contribution in [3.05, 3.63) is 39.9 Å². The van der Waals surface area contributed by atoms with Gasteiger partial charge in [0.2, 0.25) is 5.75 Å². The number of aromatic hydroxyl groups is 1. The van der Waals surface area contributed by atoms with Crippen LogP contribution in [0.5, 0.6) is 28.7 Å². The molecule has 2 aliphatic rings. The first-order valence-electron chi connectivity index (χ1n) is 13.3. The van der Waals surface area contributed by atoms with E-state index in [2.05, 4.69) is 24.8 Å². The zero-order chi connectivity index (χ0) is 26.7. The molecule has 1 atom stereocenters. The molecule has 0 aromatic heterocycles. The third kappa shape index (κ3) is 5.78. The summed E-state index contributed by atoms with van der Waals surface area (Å²) >= 11 is 2.01. The first-order chi connectivity index (χ1) is 17.7. The SMILES string of the molecule is COc1ccc(CSC2CCN(CCC3(C)CCc4c(C)c(O)c(C)c(C)c4O3)CC2)c(OC)c1OC. The van der Waals surface area contributed by atoms with Gasteiger partial charge in [0, 0.05) is 28.7 Å². The van der Waals surface area contributed by atoms with Gasteiger partial charge in [0.15, 0.2) is 11.5 Å². The lowest BCUT2D eigenvalue weighted by atomic mass is 9.85. The smallest absolute Gasteiger partial charge is 0.203 e. The fraction of sp³-hybridized carbons (Fsp3) is 0.600. The molecule has 37 heavy (non-hydrogen) atoms. The van der Waals surface area contributed by atoms with Gasteiger partial charge in [-0.2, -0.15) is 11.8 Å². The molecule has 1 N–H and O–H groups in total. The van der Waals surface area contributed by atoms with E-state index in [1.165, 1.54) is 18.4 Å². The first-order valence-corrected chi connectivity index (χ1v) is 14.4. The van der Waals surface area contributed by atoms with E-state index in [-0.39, 0.29) is 5.60 Å². The van der Waals surface area contributed by atoms with Crippen LogP contribution in [0.3, 0.4) is 0 Å². The Morgan fingerprint density at radius 2 is 1.70 bits per heavy atom. The van der Waals surface area contributed by atoms with Gasteiger partial charge in [0.1, 0.15) is 17.1 Å². The maximum atomic E-state index is 10.5. The summed E-state index contributed by atoms with van der Waals surface area (Å²) in [6.07, 6.45) is 5.35. The topological polar surface area (TPSA) is 60.4 Å². The number of fused-ring (bicyclic) bond motifs is 1. The van der Waals surface area contributed by atoms with Gasteiger partial charge in [0.05, 0.1) is 21.3 Å². The number of nitrogens with zero attached hydrogens (tertiary/aromatic N) is 1. The molecule has 7 heteroatoms. The first kappa shape index (κ1) is 27.8. The van der Waals surface area contributed by atoms with E-state index in [0.717, 1.165) is 78.4 Å². The molecule has 0 amide bonds. The fourth-order valence-corrected chi connectivity index (χ4v) is 6.84. The second-order valence-electron chi connectivity index (χ2n) is 10.7. The Hall–Kier alpha value is -2.25. The van der Waals surface area contributed by atoms with Crippen molar-refractivity contribution in [2.24, 2.45) is 0 Å². The molecule has 6 nitrogen and oxygen atoms in total. The Morgan fingerprint density at radius 1 is 1.00 bits per heavy atom. The van der Waals surface area contributed by atoms with Crippen molar-refractivity contribution in [1.29, 1.82) is 0 Å². The lowest BCUT2D eigenvalue weighted by molar-refractivity contribution is 0.0415. The lowest BCUT2D eigenvalue weighted by Crippen LogP contribution is -2.43. The third-order valence-electron chi connectivity index (χ3n) is 8.34. The standard InChI is InChI=1S/C30H43NO5S/c1-19-20(2)27-24(21(3)26(19)32)10-13-30(4,36-27)14-17-31-15-11-23(12-16-31)37-18-22-8-9-25(33-5)29(35-7)28(22)34-6/h8-9,23,32H,10-18H2,1-7H3. The molecule has 0 radical (unpaired) electrons. The van der Waals surface area contributed by atoms with Crippen molar-refractivity contribution in [3.63, 3.8) is 0 Å². The van der Waals surface area contributed by atoms with Gasteiger partial charge < -0.3 is 29.0 Å². The zero-order valence-electron chi connectivity index (χ0n) is 23.5. The van der Waals surface area contributed by atoms with Crippen molar-refractivity contribution in [2.75, 3.05) is 41.0 Å². The predicted octanol–water partition coefficient (Wildman–Crippen LogP) is 6.21. The monoisotopic (exact) mass is 529 g/mol. The van der Waals surface area contributed by atoms with E-state index in [4.69, 9.17) is 18.9 Å². The largest absolute Gasteiger partial charge is 0.507 e. The Labute approximate surface area is 226 Å². The maximum Gasteiger partial charge on any atom is 0.203 e. The minimum absolute atomic E-state index is 0.164. The van der Waals surface area contributed by atoms with E-state index in [1.807, 2.05) is 31.7 Å². The van der Waals surface area contributed by atoms with Crippen molar-refractivity contribution >= 4 is 11.8 Å². The molecular formula is C30H43NO5S. The number of piperidine rings is 1. The van der Waals surface area contributed by atoms with Crippen molar-refractivity contribution in [1.82, 2.24) is 4.90 Å². The van der Waals surface area contributed by atoms with Crippen molar-refractivity contribution in [2.45, 2.75) is 76.4 Å². The number of phenolic OH excluding ortho intramolecular Hbond substituents is 1. The average Bonchev–Trinajstić information content (AvgIpc) is 2.92. The molecule has 0 bridgehead atoms. The molecule has 2 aromatic carbocycles. The van der Waals surface area contributed by atoms with Crippen LogP contribution in [0.1, 0.15) is 60.4 Å². The molecular weight excluding hydrogens is 486 g/mol. The Kier molecular flexibility index (Phi) is 8.74. The number of methoxy groups -OCH3 is 3. The zero-order valence-corrected chi connectivity index (χ0v) is 24.3. The number of hydrogen-bond acceptors (Lipinski definition) is 7. The second-order valence-corrected chi connectivity index (χ2v) is 12.0. The van der Waals surface area contributed by atoms with Gasteiger partial charge >= 0.3 is 0 Å². The number of likely N-dealkylation sites (tertiary alicyclic amines) is 1. The fourth-order valence-electron chi connectivity index (χ4n) is 5.65. The number of benzene rings is 2. The van der Waals surface area contributed by atoms with Gasteiger partial charge in [0.25, 0.3) is 0 Å². The van der Waals surface area contributed by atoms with Crippen LogP contribution in [-0.2, 0) is 12.2 Å². The van der Waals surface area contributed by atoms with Crippen LogP contribution in [0.25, 0.3) is 0 Å². The normalized spacial score (nSPS) is 20.3. The van der Waals surface area contributed by atoms with Crippen molar-refractivity contribution < 1.29 is 24.1 Å². The summed E-state index contributed by atoms with van der Waals surface area (Å²) in [7, 11) is 4.99. The molecule has 1 saturated heterocycles.